The van der Waals surface area contributed by atoms with E-state index in [9.17, 15) is 0 Å². The highest BCUT2D eigenvalue weighted by atomic mass is 127. The summed E-state index contributed by atoms with van der Waals surface area (Å²) in [5.74, 6) is 0.479. The topological polar surface area (TPSA) is 61.3 Å². The van der Waals surface area contributed by atoms with Crippen molar-refractivity contribution in [3.8, 4) is 0 Å². The van der Waals surface area contributed by atoms with Crippen LogP contribution in [0, 0.1) is 5.92 Å². The second-order valence-electron chi connectivity index (χ2n) is 2.71. The maximum absolute atomic E-state index is 5.68. The van der Waals surface area contributed by atoms with E-state index in [-0.39, 0.29) is 6.04 Å². The van der Waals surface area contributed by atoms with Crippen molar-refractivity contribution in [3.63, 3.8) is 0 Å². The average Bonchev–Trinajstić information content (AvgIpc) is 2.12. The van der Waals surface area contributed by atoms with Gasteiger partial charge in [-0.25, -0.2) is 0 Å². The van der Waals surface area contributed by atoms with Crippen molar-refractivity contribution in [3.05, 3.63) is 0 Å². The van der Waals surface area contributed by atoms with Crippen LogP contribution in [0.4, 0.5) is 0 Å². The molecule has 0 bridgehead atoms. The van der Waals surface area contributed by atoms with Gasteiger partial charge in [0.05, 0.1) is 13.2 Å². The fourth-order valence-electron chi connectivity index (χ4n) is 0.606. The lowest BCUT2D eigenvalue weighted by molar-refractivity contribution is 0.102. The predicted molar refractivity (Wildman–Crippen MR) is 69.1 cm³/mol. The molecule has 0 aliphatic rings. The monoisotopic (exact) mass is 398 g/mol. The molecule has 4 N–H and O–H groups in total. The van der Waals surface area contributed by atoms with Crippen molar-refractivity contribution in [2.24, 2.45) is 17.4 Å². The van der Waals surface area contributed by atoms with Gasteiger partial charge in [-0.3, -0.25) is 0 Å². The highest BCUT2D eigenvalue weighted by molar-refractivity contribution is 14.1. The molecule has 0 aromatic rings. The molecule has 0 radical (unpaired) electrons. The minimum absolute atomic E-state index is 0.165. The zero-order chi connectivity index (χ0) is 9.40. The smallest absolute Gasteiger partial charge is 0.0625 e. The molecule has 5 heteroatoms. The van der Waals surface area contributed by atoms with Crippen molar-refractivity contribution >= 4 is 45.2 Å². The Hall–Kier alpha value is 1.34. The molecule has 0 aromatic carbocycles. The van der Waals surface area contributed by atoms with Gasteiger partial charge < -0.3 is 16.2 Å². The molecule has 2 unspecified atom stereocenters. The van der Waals surface area contributed by atoms with Crippen molar-refractivity contribution in [2.75, 3.05) is 28.6 Å². The van der Waals surface area contributed by atoms with Gasteiger partial charge in [0.15, 0.2) is 0 Å². The Bertz CT molecular complexity index is 101. The van der Waals surface area contributed by atoms with E-state index < -0.39 is 0 Å². The van der Waals surface area contributed by atoms with Crippen LogP contribution in [0.5, 0.6) is 0 Å². The van der Waals surface area contributed by atoms with Crippen LogP contribution in [0.2, 0.25) is 0 Å². The van der Waals surface area contributed by atoms with Gasteiger partial charge in [-0.2, -0.15) is 0 Å². The predicted octanol–water partition coefficient (Wildman–Crippen LogP) is 0.775. The third kappa shape index (κ3) is 6.81. The molecule has 0 aliphatic carbocycles. The second kappa shape index (κ2) is 8.92. The van der Waals surface area contributed by atoms with Gasteiger partial charge in [0.2, 0.25) is 0 Å². The summed E-state index contributed by atoms with van der Waals surface area (Å²) >= 11 is 4.58. The molecule has 12 heavy (non-hydrogen) atoms. The summed E-state index contributed by atoms with van der Waals surface area (Å²) in [6.07, 6.45) is 0. The first-order valence-corrected chi connectivity index (χ1v) is 6.95. The van der Waals surface area contributed by atoms with E-state index in [1.807, 2.05) is 0 Å². The molecule has 0 rings (SSSR count). The lowest BCUT2D eigenvalue weighted by atomic mass is 10.2. The Morgan fingerprint density at radius 2 is 1.83 bits per heavy atom. The van der Waals surface area contributed by atoms with E-state index in [1.54, 1.807) is 0 Å². The van der Waals surface area contributed by atoms with E-state index in [0.29, 0.717) is 19.1 Å². The largest absolute Gasteiger partial charge is 0.379 e. The van der Waals surface area contributed by atoms with Gasteiger partial charge >= 0.3 is 0 Å². The first-order chi connectivity index (χ1) is 5.74. The molecule has 0 amide bonds. The van der Waals surface area contributed by atoms with Gasteiger partial charge in [-0.15, -0.1) is 0 Å². The molecule has 0 aromatic heterocycles. The fraction of sp³-hybridized carbons (Fsp3) is 1.00. The fourth-order valence-corrected chi connectivity index (χ4v) is 1.47. The van der Waals surface area contributed by atoms with Gasteiger partial charge in [0, 0.05) is 20.8 Å². The van der Waals surface area contributed by atoms with Crippen LogP contribution in [0.15, 0.2) is 0 Å². The lowest BCUT2D eigenvalue weighted by Crippen LogP contribution is -2.30. The molecule has 0 heterocycles. The van der Waals surface area contributed by atoms with Crippen LogP contribution in [0.1, 0.15) is 0 Å². The summed E-state index contributed by atoms with van der Waals surface area (Å²) in [5, 5.41) is 0. The van der Waals surface area contributed by atoms with Gasteiger partial charge in [0.25, 0.3) is 0 Å². The van der Waals surface area contributed by atoms with Crippen LogP contribution in [0.25, 0.3) is 0 Å². The molecule has 0 saturated heterocycles. The number of halogens is 2. The first kappa shape index (κ1) is 13.3. The van der Waals surface area contributed by atoms with Crippen LogP contribution < -0.4 is 11.5 Å². The maximum Gasteiger partial charge on any atom is 0.0625 e. The van der Waals surface area contributed by atoms with E-state index in [1.165, 1.54) is 0 Å². The highest BCUT2D eigenvalue weighted by Gasteiger charge is 2.05. The summed E-state index contributed by atoms with van der Waals surface area (Å²) in [5.41, 5.74) is 11.2. The Morgan fingerprint density at radius 1 is 1.17 bits per heavy atom. The first-order valence-electron chi connectivity index (χ1n) is 3.89. The Kier molecular flexibility index (Phi) is 9.91. The molecule has 74 valence electrons. The average molecular weight is 398 g/mol. The van der Waals surface area contributed by atoms with E-state index in [4.69, 9.17) is 16.2 Å². The summed E-state index contributed by atoms with van der Waals surface area (Å²) in [6.45, 7) is 2.09. The summed E-state index contributed by atoms with van der Waals surface area (Å²) in [6, 6.07) is 0.165. The van der Waals surface area contributed by atoms with E-state index >= 15 is 0 Å². The number of rotatable bonds is 7. The SMILES string of the molecule is NCC(CI)COCC(N)CI. The van der Waals surface area contributed by atoms with Gasteiger partial charge in [0.1, 0.15) is 0 Å². The minimum Gasteiger partial charge on any atom is -0.379 e. The van der Waals surface area contributed by atoms with Crippen LogP contribution >= 0.6 is 45.2 Å². The van der Waals surface area contributed by atoms with Crippen molar-refractivity contribution < 1.29 is 4.74 Å². The molecule has 0 fully saturated rings. The maximum atomic E-state index is 5.68. The number of ether oxygens (including phenoxy) is 1. The van der Waals surface area contributed by atoms with Crippen LogP contribution in [-0.2, 0) is 4.74 Å². The number of hydrogen-bond donors (Lipinski definition) is 2. The van der Waals surface area contributed by atoms with Crippen LogP contribution in [0.3, 0.4) is 0 Å². The van der Waals surface area contributed by atoms with Gasteiger partial charge in [-0.1, -0.05) is 45.2 Å². The highest BCUT2D eigenvalue weighted by Crippen LogP contribution is 2.01. The zero-order valence-electron chi connectivity index (χ0n) is 7.01. The van der Waals surface area contributed by atoms with E-state index in [2.05, 4.69) is 45.2 Å². The van der Waals surface area contributed by atoms with Crippen molar-refractivity contribution in [1.82, 2.24) is 0 Å². The Morgan fingerprint density at radius 3 is 2.25 bits per heavy atom. The van der Waals surface area contributed by atoms with Crippen LogP contribution in [-0.4, -0.2) is 34.7 Å². The number of hydrogen-bond acceptors (Lipinski definition) is 3. The van der Waals surface area contributed by atoms with E-state index in [0.717, 1.165) is 15.5 Å². The second-order valence-corrected chi connectivity index (χ2v) is 4.47. The molecule has 2 atom stereocenters. The quantitative estimate of drug-likeness (QED) is 0.493. The molecule has 0 saturated carbocycles. The molecule has 0 aliphatic heterocycles. The number of alkyl halides is 2. The van der Waals surface area contributed by atoms with Crippen molar-refractivity contribution in [1.29, 1.82) is 0 Å². The summed E-state index contributed by atoms with van der Waals surface area (Å²) in [4.78, 5) is 0. The summed E-state index contributed by atoms with van der Waals surface area (Å²) < 4.78 is 7.40. The third-order valence-electron chi connectivity index (χ3n) is 1.44. The minimum atomic E-state index is 0.165. The van der Waals surface area contributed by atoms with Gasteiger partial charge in [-0.05, 0) is 6.54 Å². The third-order valence-corrected chi connectivity index (χ3v) is 3.81. The molecular formula is C7H16I2N2O. The standard InChI is InChI=1S/C7H16I2N2O/c8-1-6(3-10)4-12-5-7(11)2-9/h6-7H,1-5,10-11H2. The molecule has 0 spiro atoms. The number of nitrogens with two attached hydrogens (primary N) is 2. The summed E-state index contributed by atoms with van der Waals surface area (Å²) in [7, 11) is 0. The van der Waals surface area contributed by atoms with Crippen molar-refractivity contribution in [2.45, 2.75) is 6.04 Å². The Balaban J connectivity index is 3.28. The molecule has 3 nitrogen and oxygen atoms in total. The molecular weight excluding hydrogens is 382 g/mol. The zero-order valence-corrected chi connectivity index (χ0v) is 11.3. The Labute approximate surface area is 101 Å². The lowest BCUT2D eigenvalue weighted by Gasteiger charge is -2.13. The normalized spacial score (nSPS) is 16.0.